The van der Waals surface area contributed by atoms with Crippen LogP contribution >= 0.6 is 11.3 Å². The van der Waals surface area contributed by atoms with Gasteiger partial charge in [0.2, 0.25) is 0 Å². The molecule has 1 N–H and O–H groups in total. The second-order valence-electron chi connectivity index (χ2n) is 4.46. The summed E-state index contributed by atoms with van der Waals surface area (Å²) in [7, 11) is 0. The van der Waals surface area contributed by atoms with Crippen LogP contribution in [0, 0.1) is 0 Å². The van der Waals surface area contributed by atoms with Crippen molar-refractivity contribution in [3.05, 3.63) is 29.3 Å². The first-order chi connectivity index (χ1) is 8.43. The normalized spacial score (nSPS) is 17.6. The summed E-state index contributed by atoms with van der Waals surface area (Å²) in [6.45, 7) is 5.78. The van der Waals surface area contributed by atoms with Crippen molar-refractivity contribution in [1.82, 2.24) is 15.2 Å². The minimum atomic E-state index is 1.13. The molecule has 1 fully saturated rings. The monoisotopic (exact) mass is 247 g/mol. The highest BCUT2D eigenvalue weighted by atomic mass is 32.1. The second kappa shape index (κ2) is 5.12. The van der Waals surface area contributed by atoms with Crippen LogP contribution in [0.2, 0.25) is 0 Å². The molecule has 1 aliphatic heterocycles. The Morgan fingerprint density at radius 2 is 2.18 bits per heavy atom. The minimum Gasteiger partial charge on any atom is -0.314 e. The van der Waals surface area contributed by atoms with E-state index >= 15 is 0 Å². The maximum Gasteiger partial charge on any atom is 0.0814 e. The van der Waals surface area contributed by atoms with Gasteiger partial charge in [-0.05, 0) is 18.1 Å². The summed E-state index contributed by atoms with van der Waals surface area (Å²) >= 11 is 1.76. The molecule has 1 aromatic heterocycles. The van der Waals surface area contributed by atoms with Gasteiger partial charge in [0.25, 0.3) is 0 Å². The van der Waals surface area contributed by atoms with E-state index in [9.17, 15) is 0 Å². The number of aromatic nitrogens is 1. The molecular weight excluding hydrogens is 230 g/mol. The lowest BCUT2D eigenvalue weighted by molar-refractivity contribution is 0.244. The first-order valence-corrected chi connectivity index (χ1v) is 7.05. The van der Waals surface area contributed by atoms with Gasteiger partial charge in [-0.15, -0.1) is 11.3 Å². The molecule has 3 rings (SSSR count). The first-order valence-electron chi connectivity index (χ1n) is 6.17. The highest BCUT2D eigenvalue weighted by Gasteiger charge is 2.10. The summed E-state index contributed by atoms with van der Waals surface area (Å²) in [5, 5.41) is 3.39. The van der Waals surface area contributed by atoms with Crippen LogP contribution in [0.5, 0.6) is 0 Å². The third kappa shape index (κ3) is 2.49. The van der Waals surface area contributed by atoms with Crippen molar-refractivity contribution in [2.75, 3.05) is 32.7 Å². The summed E-state index contributed by atoms with van der Waals surface area (Å²) in [5.74, 6) is 0. The number of fused-ring (bicyclic) bond motifs is 1. The minimum absolute atomic E-state index is 1.13. The number of piperazine rings is 1. The van der Waals surface area contributed by atoms with Crippen molar-refractivity contribution in [2.45, 2.75) is 6.42 Å². The fraction of sp³-hybridized carbons (Fsp3) is 0.462. The van der Waals surface area contributed by atoms with Gasteiger partial charge in [0, 0.05) is 32.7 Å². The Morgan fingerprint density at radius 1 is 1.29 bits per heavy atom. The van der Waals surface area contributed by atoms with Crippen molar-refractivity contribution >= 4 is 21.6 Å². The largest absolute Gasteiger partial charge is 0.314 e. The fourth-order valence-electron chi connectivity index (χ4n) is 2.36. The molecule has 0 atom stereocenters. The lowest BCUT2D eigenvalue weighted by Crippen LogP contribution is -2.44. The lowest BCUT2D eigenvalue weighted by atomic mass is 10.1. The van der Waals surface area contributed by atoms with Gasteiger partial charge in [-0.25, -0.2) is 4.98 Å². The molecule has 0 radical (unpaired) electrons. The highest BCUT2D eigenvalue weighted by molar-refractivity contribution is 7.16. The van der Waals surface area contributed by atoms with Gasteiger partial charge in [0.05, 0.1) is 15.7 Å². The molecule has 90 valence electrons. The third-order valence-electron chi connectivity index (χ3n) is 3.35. The number of hydrogen-bond acceptors (Lipinski definition) is 4. The fourth-order valence-corrected chi connectivity index (χ4v) is 3.19. The van der Waals surface area contributed by atoms with E-state index in [1.807, 2.05) is 5.51 Å². The Balaban J connectivity index is 1.69. The zero-order valence-electron chi connectivity index (χ0n) is 9.85. The first kappa shape index (κ1) is 11.1. The van der Waals surface area contributed by atoms with Crippen LogP contribution in [-0.4, -0.2) is 42.6 Å². The van der Waals surface area contributed by atoms with Crippen molar-refractivity contribution in [2.24, 2.45) is 0 Å². The number of nitrogens with zero attached hydrogens (tertiary/aromatic N) is 2. The zero-order chi connectivity index (χ0) is 11.5. The predicted molar refractivity (Wildman–Crippen MR) is 72.6 cm³/mol. The van der Waals surface area contributed by atoms with E-state index in [1.54, 1.807) is 11.3 Å². The van der Waals surface area contributed by atoms with Gasteiger partial charge in [0.1, 0.15) is 0 Å². The Kier molecular flexibility index (Phi) is 3.36. The van der Waals surface area contributed by atoms with E-state index in [4.69, 9.17) is 0 Å². The SMILES string of the molecule is c1cc(CCN2CCNCC2)c2scnc2c1. The maximum absolute atomic E-state index is 4.37. The van der Waals surface area contributed by atoms with Crippen LogP contribution in [0.3, 0.4) is 0 Å². The van der Waals surface area contributed by atoms with Crippen LogP contribution in [0.15, 0.2) is 23.7 Å². The van der Waals surface area contributed by atoms with Crippen LogP contribution in [0.1, 0.15) is 5.56 Å². The molecule has 4 heteroatoms. The smallest absolute Gasteiger partial charge is 0.0814 e. The number of rotatable bonds is 3. The summed E-state index contributed by atoms with van der Waals surface area (Å²) in [6, 6.07) is 6.46. The highest BCUT2D eigenvalue weighted by Crippen LogP contribution is 2.22. The van der Waals surface area contributed by atoms with E-state index in [0.717, 1.165) is 25.0 Å². The Hall–Kier alpha value is -0.970. The third-order valence-corrected chi connectivity index (χ3v) is 4.26. The topological polar surface area (TPSA) is 28.2 Å². The summed E-state index contributed by atoms with van der Waals surface area (Å²) in [4.78, 5) is 6.91. The molecule has 0 amide bonds. The van der Waals surface area contributed by atoms with Gasteiger partial charge in [-0.2, -0.15) is 0 Å². The molecule has 0 spiro atoms. The molecule has 3 nitrogen and oxygen atoms in total. The second-order valence-corrected chi connectivity index (χ2v) is 5.31. The van der Waals surface area contributed by atoms with E-state index < -0.39 is 0 Å². The van der Waals surface area contributed by atoms with Gasteiger partial charge < -0.3 is 10.2 Å². The standard InChI is InChI=1S/C13H17N3S/c1-2-11(13-12(3-1)15-10-17-13)4-7-16-8-5-14-6-9-16/h1-3,10,14H,4-9H2. The van der Waals surface area contributed by atoms with Crippen molar-refractivity contribution < 1.29 is 0 Å². The molecule has 2 aromatic rings. The molecule has 1 aliphatic rings. The Labute approximate surface area is 105 Å². The maximum atomic E-state index is 4.37. The zero-order valence-corrected chi connectivity index (χ0v) is 10.7. The van der Waals surface area contributed by atoms with Crippen molar-refractivity contribution in [3.8, 4) is 0 Å². The Bertz CT molecular complexity index is 488. The molecule has 0 bridgehead atoms. The van der Waals surface area contributed by atoms with Gasteiger partial charge in [0.15, 0.2) is 0 Å². The summed E-state index contributed by atoms with van der Waals surface area (Å²) < 4.78 is 1.36. The van der Waals surface area contributed by atoms with E-state index in [0.29, 0.717) is 0 Å². The van der Waals surface area contributed by atoms with Crippen LogP contribution < -0.4 is 5.32 Å². The summed E-state index contributed by atoms with van der Waals surface area (Å²) in [6.07, 6.45) is 1.14. The average Bonchev–Trinajstić information content (AvgIpc) is 2.86. The molecule has 0 saturated carbocycles. The lowest BCUT2D eigenvalue weighted by Gasteiger charge is -2.27. The van der Waals surface area contributed by atoms with E-state index in [2.05, 4.69) is 33.4 Å². The Morgan fingerprint density at radius 3 is 3.06 bits per heavy atom. The van der Waals surface area contributed by atoms with Crippen LogP contribution in [0.25, 0.3) is 10.2 Å². The van der Waals surface area contributed by atoms with Gasteiger partial charge in [-0.3, -0.25) is 0 Å². The molecular formula is C13H17N3S. The molecule has 2 heterocycles. The van der Waals surface area contributed by atoms with E-state index in [-0.39, 0.29) is 0 Å². The molecule has 1 aromatic carbocycles. The number of nitrogens with one attached hydrogen (secondary N) is 1. The van der Waals surface area contributed by atoms with Gasteiger partial charge in [-0.1, -0.05) is 12.1 Å². The average molecular weight is 247 g/mol. The molecule has 17 heavy (non-hydrogen) atoms. The molecule has 0 aliphatic carbocycles. The van der Waals surface area contributed by atoms with Crippen LogP contribution in [-0.2, 0) is 6.42 Å². The van der Waals surface area contributed by atoms with Crippen LogP contribution in [0.4, 0.5) is 0 Å². The number of thiazole rings is 1. The number of benzene rings is 1. The molecule has 0 unspecified atom stereocenters. The van der Waals surface area contributed by atoms with Crippen molar-refractivity contribution in [1.29, 1.82) is 0 Å². The molecule has 1 saturated heterocycles. The van der Waals surface area contributed by atoms with Crippen molar-refractivity contribution in [3.63, 3.8) is 0 Å². The summed E-state index contributed by atoms with van der Waals surface area (Å²) in [5.41, 5.74) is 4.54. The predicted octanol–water partition coefficient (Wildman–Crippen LogP) is 1.74. The quantitative estimate of drug-likeness (QED) is 0.895. The van der Waals surface area contributed by atoms with E-state index in [1.165, 1.54) is 29.9 Å². The number of hydrogen-bond donors (Lipinski definition) is 1. The van der Waals surface area contributed by atoms with Gasteiger partial charge >= 0.3 is 0 Å².